The van der Waals surface area contributed by atoms with E-state index in [0.717, 1.165) is 11.7 Å². The van der Waals surface area contributed by atoms with Crippen molar-refractivity contribution in [1.29, 1.82) is 0 Å². The number of amidine groups is 1. The number of hydrogen-bond donors (Lipinski definition) is 3. The Balaban J connectivity index is 1.63. The van der Waals surface area contributed by atoms with Gasteiger partial charge >= 0.3 is 0 Å². The number of aliphatic hydroxyl groups is 2. The van der Waals surface area contributed by atoms with E-state index >= 15 is 0 Å². The van der Waals surface area contributed by atoms with Crippen molar-refractivity contribution in [2.24, 2.45) is 4.99 Å². The van der Waals surface area contributed by atoms with Gasteiger partial charge in [0.15, 0.2) is 5.17 Å². The molecule has 2 aliphatic heterocycles. The smallest absolute Gasteiger partial charge is 0.162 e. The van der Waals surface area contributed by atoms with E-state index in [2.05, 4.69) is 17.2 Å². The van der Waals surface area contributed by atoms with Crippen molar-refractivity contribution in [3.8, 4) is 0 Å². The molecular formula is C13H23N3O3S. The summed E-state index contributed by atoms with van der Waals surface area (Å²) in [7, 11) is 1.97. The van der Waals surface area contributed by atoms with Gasteiger partial charge in [0.05, 0.1) is 0 Å². The molecule has 1 saturated heterocycles. The van der Waals surface area contributed by atoms with Gasteiger partial charge in [-0.05, 0) is 19.8 Å². The van der Waals surface area contributed by atoms with Crippen molar-refractivity contribution in [3.05, 3.63) is 0 Å². The molecule has 2 heterocycles. The van der Waals surface area contributed by atoms with Crippen molar-refractivity contribution in [2.75, 3.05) is 20.1 Å². The summed E-state index contributed by atoms with van der Waals surface area (Å²) >= 11 is 1.54. The van der Waals surface area contributed by atoms with E-state index in [9.17, 15) is 10.2 Å². The fourth-order valence-electron chi connectivity index (χ4n) is 2.48. The van der Waals surface area contributed by atoms with Gasteiger partial charge in [0.25, 0.3) is 0 Å². The second-order valence-corrected chi connectivity index (χ2v) is 6.81. The molecule has 0 aromatic heterocycles. The van der Waals surface area contributed by atoms with E-state index in [1.54, 1.807) is 11.8 Å². The molecular weight excluding hydrogens is 278 g/mol. The maximum atomic E-state index is 10.3. The SMILES string of the molecule is CCN(C)C1=N[C@H]2[C@H](O[C@H](CNC3CC3)C(O)[C@@H]2O)S1. The summed E-state index contributed by atoms with van der Waals surface area (Å²) in [5, 5.41) is 24.7. The maximum Gasteiger partial charge on any atom is 0.162 e. The molecule has 0 radical (unpaired) electrons. The number of thioether (sulfide) groups is 1. The highest BCUT2D eigenvalue weighted by Gasteiger charge is 2.48. The van der Waals surface area contributed by atoms with Crippen LogP contribution in [0.5, 0.6) is 0 Å². The van der Waals surface area contributed by atoms with Crippen molar-refractivity contribution in [3.63, 3.8) is 0 Å². The van der Waals surface area contributed by atoms with Crippen LogP contribution in [-0.2, 0) is 4.74 Å². The second-order valence-electron chi connectivity index (χ2n) is 5.74. The first-order valence-electron chi connectivity index (χ1n) is 7.30. The fourth-order valence-corrected chi connectivity index (χ4v) is 3.73. The van der Waals surface area contributed by atoms with Gasteiger partial charge in [0.1, 0.15) is 29.8 Å². The van der Waals surface area contributed by atoms with Gasteiger partial charge in [0, 0.05) is 26.2 Å². The molecule has 0 bridgehead atoms. The molecule has 0 aromatic carbocycles. The van der Waals surface area contributed by atoms with Crippen LogP contribution >= 0.6 is 11.8 Å². The first-order valence-corrected chi connectivity index (χ1v) is 8.18. The molecule has 2 fully saturated rings. The summed E-state index contributed by atoms with van der Waals surface area (Å²) in [6, 6.07) is 0.200. The van der Waals surface area contributed by atoms with Crippen LogP contribution in [-0.4, -0.2) is 76.2 Å². The third kappa shape index (κ3) is 2.82. The van der Waals surface area contributed by atoms with Gasteiger partial charge < -0.3 is 25.2 Å². The normalized spacial score (nSPS) is 40.4. The minimum Gasteiger partial charge on any atom is -0.388 e. The number of fused-ring (bicyclic) bond motifs is 1. The van der Waals surface area contributed by atoms with E-state index in [-0.39, 0.29) is 17.6 Å². The number of aliphatic hydroxyl groups excluding tert-OH is 2. The second kappa shape index (κ2) is 5.81. The lowest BCUT2D eigenvalue weighted by molar-refractivity contribution is -0.150. The lowest BCUT2D eigenvalue weighted by Crippen LogP contribution is -2.57. The molecule has 1 aliphatic carbocycles. The number of nitrogens with one attached hydrogen (secondary N) is 1. The van der Waals surface area contributed by atoms with Crippen LogP contribution in [0.2, 0.25) is 0 Å². The minimum atomic E-state index is -0.877. The number of hydrogen-bond acceptors (Lipinski definition) is 7. The largest absolute Gasteiger partial charge is 0.388 e. The number of aliphatic imine (C=N–C) groups is 1. The Morgan fingerprint density at radius 1 is 1.40 bits per heavy atom. The molecule has 1 saturated carbocycles. The number of ether oxygens (including phenoxy) is 1. The zero-order chi connectivity index (χ0) is 14.3. The van der Waals surface area contributed by atoms with Gasteiger partial charge in [-0.15, -0.1) is 0 Å². The minimum absolute atomic E-state index is 0.191. The number of rotatable bonds is 4. The van der Waals surface area contributed by atoms with Crippen molar-refractivity contribution < 1.29 is 14.9 Å². The van der Waals surface area contributed by atoms with E-state index in [1.165, 1.54) is 12.8 Å². The number of nitrogens with zero attached hydrogens (tertiary/aromatic N) is 2. The predicted octanol–water partition coefficient (Wildman–Crippen LogP) is -0.392. The third-order valence-electron chi connectivity index (χ3n) is 4.14. The summed E-state index contributed by atoms with van der Waals surface area (Å²) in [4.78, 5) is 6.54. The van der Waals surface area contributed by atoms with E-state index in [1.807, 2.05) is 11.9 Å². The topological polar surface area (TPSA) is 77.3 Å². The van der Waals surface area contributed by atoms with Crippen LogP contribution in [0, 0.1) is 0 Å². The molecule has 0 amide bonds. The van der Waals surface area contributed by atoms with Crippen molar-refractivity contribution >= 4 is 16.9 Å². The molecule has 20 heavy (non-hydrogen) atoms. The molecule has 0 spiro atoms. The monoisotopic (exact) mass is 301 g/mol. The molecule has 0 aromatic rings. The Hall–Kier alpha value is -0.340. The summed E-state index contributed by atoms with van der Waals surface area (Å²) in [6.07, 6.45) is 0.301. The Labute approximate surface area is 123 Å². The Bertz CT molecular complexity index is 391. The van der Waals surface area contributed by atoms with Gasteiger partial charge in [0.2, 0.25) is 0 Å². The third-order valence-corrected chi connectivity index (χ3v) is 5.39. The summed E-state index contributed by atoms with van der Waals surface area (Å²) in [5.74, 6) is 0. The summed E-state index contributed by atoms with van der Waals surface area (Å²) in [5.41, 5.74) is -0.191. The average Bonchev–Trinajstić information content (AvgIpc) is 3.18. The molecule has 3 aliphatic rings. The molecule has 3 N–H and O–H groups in total. The van der Waals surface area contributed by atoms with Gasteiger partial charge in [-0.2, -0.15) is 0 Å². The Morgan fingerprint density at radius 3 is 2.80 bits per heavy atom. The predicted molar refractivity (Wildman–Crippen MR) is 78.8 cm³/mol. The van der Waals surface area contributed by atoms with Gasteiger partial charge in [-0.1, -0.05) is 11.8 Å². The fraction of sp³-hybridized carbons (Fsp3) is 0.923. The molecule has 1 unspecified atom stereocenters. The standard InChI is InChI=1S/C13H23N3O3S/c1-3-16(2)13-15-9-11(18)10(17)8(19-12(9)20-13)6-14-7-4-5-7/h7-12,14,17-18H,3-6H2,1-2H3/t8-,9-,10?,11-,12-/m1/s1. The van der Waals surface area contributed by atoms with Crippen LogP contribution in [0.1, 0.15) is 19.8 Å². The zero-order valence-corrected chi connectivity index (χ0v) is 12.7. The molecule has 114 valence electrons. The highest BCUT2D eigenvalue weighted by Crippen LogP contribution is 2.37. The highest BCUT2D eigenvalue weighted by atomic mass is 32.2. The average molecular weight is 301 g/mol. The molecule has 3 rings (SSSR count). The molecule has 6 nitrogen and oxygen atoms in total. The quantitative estimate of drug-likeness (QED) is 0.656. The lowest BCUT2D eigenvalue weighted by atomic mass is 9.98. The Kier molecular flexibility index (Phi) is 4.24. The molecule has 5 atom stereocenters. The van der Waals surface area contributed by atoms with Crippen molar-refractivity contribution in [2.45, 2.75) is 55.6 Å². The van der Waals surface area contributed by atoms with Gasteiger partial charge in [-0.25, -0.2) is 0 Å². The highest BCUT2D eigenvalue weighted by molar-refractivity contribution is 8.14. The zero-order valence-electron chi connectivity index (χ0n) is 11.9. The van der Waals surface area contributed by atoms with Crippen molar-refractivity contribution in [1.82, 2.24) is 10.2 Å². The van der Waals surface area contributed by atoms with E-state index in [0.29, 0.717) is 12.6 Å². The van der Waals surface area contributed by atoms with Crippen LogP contribution in [0.15, 0.2) is 4.99 Å². The van der Waals surface area contributed by atoms with E-state index < -0.39 is 12.2 Å². The van der Waals surface area contributed by atoms with Crippen LogP contribution in [0.3, 0.4) is 0 Å². The first-order chi connectivity index (χ1) is 9.60. The lowest BCUT2D eigenvalue weighted by Gasteiger charge is -2.38. The van der Waals surface area contributed by atoms with Crippen LogP contribution in [0.4, 0.5) is 0 Å². The first kappa shape index (κ1) is 14.6. The summed E-state index contributed by atoms with van der Waals surface area (Å²) < 4.78 is 5.95. The van der Waals surface area contributed by atoms with Crippen LogP contribution < -0.4 is 5.32 Å². The van der Waals surface area contributed by atoms with E-state index in [4.69, 9.17) is 4.74 Å². The van der Waals surface area contributed by atoms with Crippen LogP contribution in [0.25, 0.3) is 0 Å². The molecule has 7 heteroatoms. The maximum absolute atomic E-state index is 10.3. The van der Waals surface area contributed by atoms with Gasteiger partial charge in [-0.3, -0.25) is 4.99 Å². The summed E-state index contributed by atoms with van der Waals surface area (Å²) in [6.45, 7) is 3.50. The Morgan fingerprint density at radius 2 is 2.15 bits per heavy atom.